The minimum absolute atomic E-state index is 0.0573. The van der Waals surface area contributed by atoms with Gasteiger partial charge in [0.25, 0.3) is 0 Å². The summed E-state index contributed by atoms with van der Waals surface area (Å²) in [6.07, 6.45) is 5.04. The van der Waals surface area contributed by atoms with Crippen molar-refractivity contribution in [2.45, 2.75) is 71.8 Å². The second kappa shape index (κ2) is 7.25. The Kier molecular flexibility index (Phi) is 6.30. The van der Waals surface area contributed by atoms with Crippen LogP contribution in [0, 0.1) is 0 Å². The summed E-state index contributed by atoms with van der Waals surface area (Å²) in [6.45, 7) is 12.1. The molecule has 1 rings (SSSR count). The van der Waals surface area contributed by atoms with Gasteiger partial charge >= 0.3 is 0 Å². The molecule has 0 aliphatic carbocycles. The molecule has 0 amide bonds. The maximum atomic E-state index is 4.84. The first-order valence-corrected chi connectivity index (χ1v) is 8.12. The maximum Gasteiger partial charge on any atom is 0.113 e. The molecule has 3 heteroatoms. The number of rotatable bonds is 8. The van der Waals surface area contributed by atoms with Crippen molar-refractivity contribution in [2.24, 2.45) is 0 Å². The van der Waals surface area contributed by atoms with Gasteiger partial charge in [-0.05, 0) is 25.8 Å². The van der Waals surface area contributed by atoms with Crippen molar-refractivity contribution in [1.82, 2.24) is 10.3 Å². The highest BCUT2D eigenvalue weighted by Crippen LogP contribution is 2.31. The molecule has 1 unspecified atom stereocenters. The summed E-state index contributed by atoms with van der Waals surface area (Å²) < 4.78 is 0. The Morgan fingerprint density at radius 2 is 2.06 bits per heavy atom. The summed E-state index contributed by atoms with van der Waals surface area (Å²) in [7, 11) is 0. The van der Waals surface area contributed by atoms with Crippen LogP contribution in [0.4, 0.5) is 0 Å². The molecule has 0 fully saturated rings. The van der Waals surface area contributed by atoms with Gasteiger partial charge < -0.3 is 5.32 Å². The molecule has 1 heterocycles. The largest absolute Gasteiger partial charge is 0.306 e. The van der Waals surface area contributed by atoms with Crippen LogP contribution in [0.3, 0.4) is 0 Å². The molecule has 0 aliphatic rings. The number of hydrogen-bond acceptors (Lipinski definition) is 3. The van der Waals surface area contributed by atoms with Crippen LogP contribution >= 0.6 is 11.3 Å². The molecular weight excluding hydrogens is 240 g/mol. The zero-order valence-corrected chi connectivity index (χ0v) is 13.4. The highest BCUT2D eigenvalue weighted by Gasteiger charge is 2.28. The van der Waals surface area contributed by atoms with E-state index >= 15 is 0 Å². The lowest BCUT2D eigenvalue weighted by Crippen LogP contribution is -2.39. The lowest BCUT2D eigenvalue weighted by atomic mass is 9.95. The standard InChI is InChI=1S/C15H28N2S/c1-6-8-9-10-15(5,16-7-2)14-17-13(11-18-14)12(3)4/h11-12,16H,6-10H2,1-5H3. The Hall–Kier alpha value is -0.410. The topological polar surface area (TPSA) is 24.9 Å². The van der Waals surface area contributed by atoms with Gasteiger partial charge in [0, 0.05) is 5.38 Å². The second-order valence-corrected chi connectivity index (χ2v) is 6.41. The van der Waals surface area contributed by atoms with Crippen LogP contribution in [0.25, 0.3) is 0 Å². The van der Waals surface area contributed by atoms with Crippen molar-refractivity contribution in [2.75, 3.05) is 6.54 Å². The van der Waals surface area contributed by atoms with Crippen LogP contribution in [-0.4, -0.2) is 11.5 Å². The Morgan fingerprint density at radius 3 is 2.56 bits per heavy atom. The van der Waals surface area contributed by atoms with Gasteiger partial charge in [0.05, 0.1) is 11.2 Å². The summed E-state index contributed by atoms with van der Waals surface area (Å²) >= 11 is 1.81. The van der Waals surface area contributed by atoms with Crippen LogP contribution < -0.4 is 5.32 Å². The first-order chi connectivity index (χ1) is 8.53. The third-order valence-electron chi connectivity index (χ3n) is 3.43. The van der Waals surface area contributed by atoms with Gasteiger partial charge in [0.2, 0.25) is 0 Å². The second-order valence-electron chi connectivity index (χ2n) is 5.55. The van der Waals surface area contributed by atoms with E-state index in [1.165, 1.54) is 36.4 Å². The van der Waals surface area contributed by atoms with Gasteiger partial charge in [-0.15, -0.1) is 11.3 Å². The minimum atomic E-state index is 0.0573. The third-order valence-corrected chi connectivity index (χ3v) is 4.56. The van der Waals surface area contributed by atoms with E-state index < -0.39 is 0 Å². The van der Waals surface area contributed by atoms with Gasteiger partial charge in [-0.3, -0.25) is 0 Å². The number of aromatic nitrogens is 1. The van der Waals surface area contributed by atoms with Crippen LogP contribution in [0.1, 0.15) is 76.9 Å². The first-order valence-electron chi connectivity index (χ1n) is 7.24. The van der Waals surface area contributed by atoms with Gasteiger partial charge in [0.1, 0.15) is 5.01 Å². The quantitative estimate of drug-likeness (QED) is 0.693. The fraction of sp³-hybridized carbons (Fsp3) is 0.800. The molecule has 1 N–H and O–H groups in total. The number of thiazole rings is 1. The SMILES string of the molecule is CCCCCC(C)(NCC)c1nc(C(C)C)cs1. The van der Waals surface area contributed by atoms with E-state index in [0.29, 0.717) is 5.92 Å². The molecule has 1 atom stereocenters. The normalized spacial score (nSPS) is 15.0. The first kappa shape index (κ1) is 15.6. The van der Waals surface area contributed by atoms with Crippen molar-refractivity contribution < 1.29 is 0 Å². The summed E-state index contributed by atoms with van der Waals surface area (Å²) in [5, 5.41) is 7.11. The van der Waals surface area contributed by atoms with Crippen molar-refractivity contribution in [3.05, 3.63) is 16.1 Å². The average Bonchev–Trinajstić information content (AvgIpc) is 2.79. The number of nitrogens with one attached hydrogen (secondary N) is 1. The molecule has 0 saturated carbocycles. The van der Waals surface area contributed by atoms with Gasteiger partial charge in [-0.2, -0.15) is 0 Å². The molecule has 0 bridgehead atoms. The van der Waals surface area contributed by atoms with Gasteiger partial charge in [-0.25, -0.2) is 4.98 Å². The lowest BCUT2D eigenvalue weighted by molar-refractivity contribution is 0.333. The molecule has 2 nitrogen and oxygen atoms in total. The van der Waals surface area contributed by atoms with Crippen molar-refractivity contribution in [3.8, 4) is 0 Å². The van der Waals surface area contributed by atoms with E-state index in [1.807, 2.05) is 11.3 Å². The van der Waals surface area contributed by atoms with Crippen molar-refractivity contribution in [3.63, 3.8) is 0 Å². The predicted octanol–water partition coefficient (Wildman–Crippen LogP) is 4.67. The maximum absolute atomic E-state index is 4.84. The number of nitrogens with zero attached hydrogens (tertiary/aromatic N) is 1. The highest BCUT2D eigenvalue weighted by atomic mass is 32.1. The summed E-state index contributed by atoms with van der Waals surface area (Å²) in [5.41, 5.74) is 1.29. The van der Waals surface area contributed by atoms with Gasteiger partial charge in [-0.1, -0.05) is 47.0 Å². The van der Waals surface area contributed by atoms with Crippen LogP contribution in [-0.2, 0) is 5.54 Å². The summed E-state index contributed by atoms with van der Waals surface area (Å²) in [4.78, 5) is 4.84. The van der Waals surface area contributed by atoms with E-state index in [2.05, 4.69) is 45.3 Å². The van der Waals surface area contributed by atoms with Crippen molar-refractivity contribution in [1.29, 1.82) is 0 Å². The zero-order chi connectivity index (χ0) is 13.6. The molecule has 104 valence electrons. The molecule has 0 aliphatic heterocycles. The molecule has 18 heavy (non-hydrogen) atoms. The highest BCUT2D eigenvalue weighted by molar-refractivity contribution is 7.09. The molecule has 1 aromatic rings. The summed E-state index contributed by atoms with van der Waals surface area (Å²) in [5.74, 6) is 0.525. The zero-order valence-electron chi connectivity index (χ0n) is 12.5. The smallest absolute Gasteiger partial charge is 0.113 e. The lowest BCUT2D eigenvalue weighted by Gasteiger charge is -2.28. The number of hydrogen-bond donors (Lipinski definition) is 1. The van der Waals surface area contributed by atoms with Gasteiger partial charge in [0.15, 0.2) is 0 Å². The molecule has 0 aromatic carbocycles. The van der Waals surface area contributed by atoms with Crippen LogP contribution in [0.2, 0.25) is 0 Å². The predicted molar refractivity (Wildman–Crippen MR) is 81.4 cm³/mol. The van der Waals surface area contributed by atoms with Crippen molar-refractivity contribution >= 4 is 11.3 Å². The molecule has 0 saturated heterocycles. The third kappa shape index (κ3) is 4.06. The summed E-state index contributed by atoms with van der Waals surface area (Å²) in [6, 6.07) is 0. The Labute approximate surface area is 116 Å². The molecule has 1 aromatic heterocycles. The molecular formula is C15H28N2S. The fourth-order valence-electron chi connectivity index (χ4n) is 2.19. The minimum Gasteiger partial charge on any atom is -0.306 e. The van der Waals surface area contributed by atoms with E-state index in [4.69, 9.17) is 4.98 Å². The van der Waals surface area contributed by atoms with E-state index in [1.54, 1.807) is 0 Å². The van der Waals surface area contributed by atoms with E-state index in [-0.39, 0.29) is 5.54 Å². The van der Waals surface area contributed by atoms with Crippen LogP contribution in [0.15, 0.2) is 5.38 Å². The van der Waals surface area contributed by atoms with E-state index in [9.17, 15) is 0 Å². The fourth-order valence-corrected chi connectivity index (χ4v) is 3.34. The average molecular weight is 268 g/mol. The molecule has 0 spiro atoms. The monoisotopic (exact) mass is 268 g/mol. The van der Waals surface area contributed by atoms with Crippen LogP contribution in [0.5, 0.6) is 0 Å². The number of unbranched alkanes of at least 4 members (excludes halogenated alkanes) is 2. The van der Waals surface area contributed by atoms with E-state index in [0.717, 1.165) is 6.54 Å². The Bertz CT molecular complexity index is 346. The Balaban J connectivity index is 2.80. The molecule has 0 radical (unpaired) electrons. The Morgan fingerprint density at radius 1 is 1.33 bits per heavy atom.